The van der Waals surface area contributed by atoms with E-state index in [4.69, 9.17) is 9.47 Å². The summed E-state index contributed by atoms with van der Waals surface area (Å²) < 4.78 is 24.1. The number of hydrogen-bond donors (Lipinski definition) is 0. The molecule has 136 valence electrons. The molecule has 3 rings (SSSR count). The van der Waals surface area contributed by atoms with Crippen LogP contribution in [0.15, 0.2) is 84.9 Å². The molecule has 0 amide bonds. The summed E-state index contributed by atoms with van der Waals surface area (Å²) in [6.45, 7) is -0.508. The third-order valence-electron chi connectivity index (χ3n) is 3.83. The zero-order chi connectivity index (χ0) is 19.1. The maximum Gasteiger partial charge on any atom is 0.345 e. The number of benzene rings is 3. The maximum atomic E-state index is 13.6. The molecule has 0 saturated carbocycles. The fraction of sp³-hybridized carbons (Fsp3) is 0.0909. The van der Waals surface area contributed by atoms with Crippen molar-refractivity contribution in [2.45, 2.75) is 6.10 Å². The van der Waals surface area contributed by atoms with Crippen molar-refractivity contribution in [2.75, 3.05) is 6.61 Å². The number of para-hydroxylation sites is 1. The van der Waals surface area contributed by atoms with Crippen LogP contribution in [0, 0.1) is 5.82 Å². The second-order valence-corrected chi connectivity index (χ2v) is 5.73. The molecule has 0 aromatic heterocycles. The first-order chi connectivity index (χ1) is 13.1. The minimum absolute atomic E-state index is 0.0555. The van der Waals surface area contributed by atoms with Gasteiger partial charge in [-0.25, -0.2) is 9.18 Å². The van der Waals surface area contributed by atoms with E-state index in [2.05, 4.69) is 0 Å². The van der Waals surface area contributed by atoms with Crippen LogP contribution in [0.4, 0.5) is 4.39 Å². The highest BCUT2D eigenvalue weighted by molar-refractivity contribution is 6.01. The van der Waals surface area contributed by atoms with Crippen LogP contribution in [-0.2, 0) is 9.53 Å². The van der Waals surface area contributed by atoms with E-state index in [-0.39, 0.29) is 11.5 Å². The number of hydrogen-bond acceptors (Lipinski definition) is 4. The predicted octanol–water partition coefficient (Wildman–Crippen LogP) is 4.37. The topological polar surface area (TPSA) is 52.6 Å². The second kappa shape index (κ2) is 8.76. The van der Waals surface area contributed by atoms with Gasteiger partial charge in [-0.05, 0) is 12.1 Å². The highest BCUT2D eigenvalue weighted by Crippen LogP contribution is 2.23. The van der Waals surface area contributed by atoms with Crippen molar-refractivity contribution in [1.82, 2.24) is 0 Å². The Morgan fingerprint density at radius 2 is 1.41 bits per heavy atom. The van der Waals surface area contributed by atoms with Gasteiger partial charge in [0.2, 0.25) is 5.78 Å². The van der Waals surface area contributed by atoms with Crippen molar-refractivity contribution in [1.29, 1.82) is 0 Å². The van der Waals surface area contributed by atoms with E-state index < -0.39 is 24.5 Å². The number of carbonyl (C=O) groups excluding carboxylic acids is 2. The van der Waals surface area contributed by atoms with Gasteiger partial charge in [0.25, 0.3) is 0 Å². The highest BCUT2D eigenvalue weighted by atomic mass is 19.1. The Morgan fingerprint density at radius 1 is 0.815 bits per heavy atom. The summed E-state index contributed by atoms with van der Waals surface area (Å²) in [5.41, 5.74) is 0.972. The lowest BCUT2D eigenvalue weighted by atomic mass is 10.00. The standard InChI is InChI=1S/C22H17FO4/c23-18-13-7-8-14-19(18)26-15-20(24)27-22(17-11-5-2-6-12-17)21(25)16-9-3-1-4-10-16/h1-14,22H,15H2. The molecule has 5 heteroatoms. The van der Waals surface area contributed by atoms with Crippen molar-refractivity contribution in [3.8, 4) is 5.75 Å². The SMILES string of the molecule is O=C(COc1ccccc1F)OC(C(=O)c1ccccc1)c1ccccc1. The Hall–Kier alpha value is -3.47. The van der Waals surface area contributed by atoms with Crippen LogP contribution in [0.3, 0.4) is 0 Å². The monoisotopic (exact) mass is 364 g/mol. The van der Waals surface area contributed by atoms with E-state index in [0.29, 0.717) is 11.1 Å². The molecule has 0 aliphatic rings. The largest absolute Gasteiger partial charge is 0.479 e. The van der Waals surface area contributed by atoms with Gasteiger partial charge >= 0.3 is 5.97 Å². The average molecular weight is 364 g/mol. The normalized spacial score (nSPS) is 11.4. The molecule has 3 aromatic carbocycles. The van der Waals surface area contributed by atoms with Gasteiger partial charge in [0, 0.05) is 11.1 Å². The van der Waals surface area contributed by atoms with Crippen LogP contribution in [0.5, 0.6) is 5.75 Å². The number of Topliss-reactive ketones (excluding diaryl/α,β-unsaturated/α-hetero) is 1. The maximum absolute atomic E-state index is 13.6. The van der Waals surface area contributed by atoms with Crippen molar-refractivity contribution in [2.24, 2.45) is 0 Å². The second-order valence-electron chi connectivity index (χ2n) is 5.73. The quantitative estimate of drug-likeness (QED) is 0.461. The third-order valence-corrected chi connectivity index (χ3v) is 3.83. The number of esters is 1. The van der Waals surface area contributed by atoms with Crippen molar-refractivity contribution >= 4 is 11.8 Å². The lowest BCUT2D eigenvalue weighted by Gasteiger charge is -2.17. The molecule has 0 bridgehead atoms. The Morgan fingerprint density at radius 3 is 2.07 bits per heavy atom. The number of carbonyl (C=O) groups is 2. The molecule has 0 radical (unpaired) electrons. The lowest BCUT2D eigenvalue weighted by molar-refractivity contribution is -0.149. The van der Waals surface area contributed by atoms with Gasteiger partial charge in [0.15, 0.2) is 24.3 Å². The first-order valence-electron chi connectivity index (χ1n) is 8.36. The van der Waals surface area contributed by atoms with Crippen LogP contribution < -0.4 is 4.74 Å². The van der Waals surface area contributed by atoms with Gasteiger partial charge < -0.3 is 9.47 Å². The van der Waals surface area contributed by atoms with Gasteiger partial charge in [0.1, 0.15) is 0 Å². The van der Waals surface area contributed by atoms with Crippen LogP contribution in [0.1, 0.15) is 22.0 Å². The molecule has 4 nitrogen and oxygen atoms in total. The summed E-state index contributed by atoms with van der Waals surface area (Å²) >= 11 is 0. The molecule has 0 heterocycles. The first-order valence-corrected chi connectivity index (χ1v) is 8.36. The molecule has 1 unspecified atom stereocenters. The van der Waals surface area contributed by atoms with Crippen LogP contribution in [0.25, 0.3) is 0 Å². The van der Waals surface area contributed by atoms with Gasteiger partial charge in [-0.15, -0.1) is 0 Å². The summed E-state index contributed by atoms with van der Waals surface area (Å²) in [6.07, 6.45) is -1.11. The summed E-state index contributed by atoms with van der Waals surface area (Å²) in [7, 11) is 0. The molecular formula is C22H17FO4. The van der Waals surface area contributed by atoms with E-state index in [0.717, 1.165) is 0 Å². The van der Waals surface area contributed by atoms with E-state index >= 15 is 0 Å². The van der Waals surface area contributed by atoms with Gasteiger partial charge in [0.05, 0.1) is 0 Å². The number of ketones is 1. The van der Waals surface area contributed by atoms with E-state index in [1.54, 1.807) is 66.7 Å². The Labute approximate surface area is 156 Å². The highest BCUT2D eigenvalue weighted by Gasteiger charge is 2.26. The molecule has 0 aliphatic heterocycles. The number of rotatable bonds is 7. The minimum atomic E-state index is -1.11. The van der Waals surface area contributed by atoms with Gasteiger partial charge in [-0.2, -0.15) is 0 Å². The van der Waals surface area contributed by atoms with E-state index in [1.807, 2.05) is 0 Å². The zero-order valence-electron chi connectivity index (χ0n) is 14.4. The summed E-state index contributed by atoms with van der Waals surface area (Å²) in [5.74, 6) is -1.75. The molecule has 0 aliphatic carbocycles. The zero-order valence-corrected chi connectivity index (χ0v) is 14.4. The molecule has 0 saturated heterocycles. The van der Waals surface area contributed by atoms with Crippen LogP contribution >= 0.6 is 0 Å². The first kappa shape index (κ1) is 18.3. The van der Waals surface area contributed by atoms with E-state index in [1.165, 1.54) is 18.2 Å². The van der Waals surface area contributed by atoms with Crippen molar-refractivity contribution in [3.05, 3.63) is 102 Å². The Kier molecular flexibility index (Phi) is 5.94. The van der Waals surface area contributed by atoms with Crippen molar-refractivity contribution < 1.29 is 23.5 Å². The van der Waals surface area contributed by atoms with E-state index in [9.17, 15) is 14.0 Å². The van der Waals surface area contributed by atoms with Crippen LogP contribution in [0.2, 0.25) is 0 Å². The molecule has 0 spiro atoms. The summed E-state index contributed by atoms with van der Waals surface area (Å²) in [6, 6.07) is 23.0. The Bertz CT molecular complexity index is 910. The lowest BCUT2D eigenvalue weighted by Crippen LogP contribution is -2.23. The Balaban J connectivity index is 1.74. The van der Waals surface area contributed by atoms with Crippen molar-refractivity contribution in [3.63, 3.8) is 0 Å². The van der Waals surface area contributed by atoms with Gasteiger partial charge in [-0.3, -0.25) is 4.79 Å². The third kappa shape index (κ3) is 4.79. The average Bonchev–Trinajstić information content (AvgIpc) is 2.72. The molecule has 27 heavy (non-hydrogen) atoms. The summed E-state index contributed by atoms with van der Waals surface area (Å²) in [4.78, 5) is 25.1. The molecule has 1 atom stereocenters. The number of ether oxygens (including phenoxy) is 2. The van der Waals surface area contributed by atoms with Gasteiger partial charge in [-0.1, -0.05) is 72.8 Å². The molecular weight excluding hydrogens is 347 g/mol. The number of halogens is 1. The predicted molar refractivity (Wildman–Crippen MR) is 97.9 cm³/mol. The smallest absolute Gasteiger partial charge is 0.345 e. The van der Waals surface area contributed by atoms with Crippen LogP contribution in [-0.4, -0.2) is 18.4 Å². The molecule has 0 N–H and O–H groups in total. The fourth-order valence-electron chi connectivity index (χ4n) is 2.52. The molecule has 3 aromatic rings. The summed E-state index contributed by atoms with van der Waals surface area (Å²) in [5, 5.41) is 0. The fourth-order valence-corrected chi connectivity index (χ4v) is 2.52. The molecule has 0 fully saturated rings. The minimum Gasteiger partial charge on any atom is -0.479 e.